The van der Waals surface area contributed by atoms with Crippen molar-refractivity contribution in [3.63, 3.8) is 0 Å². The Morgan fingerprint density at radius 2 is 1.81 bits per heavy atom. The minimum absolute atomic E-state index is 0.0632. The van der Waals surface area contributed by atoms with Gasteiger partial charge in [0.05, 0.1) is 6.04 Å². The standard InChI is InChI=1S/C15H21N/c1-5-15(3,4)14-10-8-13(9-11-14)7-6-12(2)16/h8-12H,5,16H2,1-4H3. The van der Waals surface area contributed by atoms with Crippen molar-refractivity contribution in [2.75, 3.05) is 0 Å². The fraction of sp³-hybridized carbons (Fsp3) is 0.467. The zero-order valence-corrected chi connectivity index (χ0v) is 10.7. The third-order valence-electron chi connectivity index (χ3n) is 2.99. The van der Waals surface area contributed by atoms with E-state index in [1.165, 1.54) is 5.56 Å². The lowest BCUT2D eigenvalue weighted by Gasteiger charge is -2.23. The number of hydrogen-bond acceptors (Lipinski definition) is 1. The fourth-order valence-corrected chi connectivity index (χ4v) is 1.41. The van der Waals surface area contributed by atoms with Crippen LogP contribution in [0.2, 0.25) is 0 Å². The van der Waals surface area contributed by atoms with E-state index >= 15 is 0 Å². The van der Waals surface area contributed by atoms with E-state index in [2.05, 4.69) is 56.9 Å². The highest BCUT2D eigenvalue weighted by molar-refractivity contribution is 5.38. The molecule has 0 saturated carbocycles. The largest absolute Gasteiger partial charge is 0.318 e. The van der Waals surface area contributed by atoms with Gasteiger partial charge in [0.2, 0.25) is 0 Å². The van der Waals surface area contributed by atoms with Crippen molar-refractivity contribution in [3.05, 3.63) is 35.4 Å². The lowest BCUT2D eigenvalue weighted by Crippen LogP contribution is -2.15. The van der Waals surface area contributed by atoms with Crippen LogP contribution in [0.25, 0.3) is 0 Å². The molecule has 0 bridgehead atoms. The van der Waals surface area contributed by atoms with Crippen molar-refractivity contribution >= 4 is 0 Å². The summed E-state index contributed by atoms with van der Waals surface area (Å²) in [6.45, 7) is 8.62. The van der Waals surface area contributed by atoms with Crippen LogP contribution in [0.3, 0.4) is 0 Å². The monoisotopic (exact) mass is 215 g/mol. The van der Waals surface area contributed by atoms with Crippen LogP contribution in [0.1, 0.15) is 45.2 Å². The van der Waals surface area contributed by atoms with Crippen LogP contribution in [-0.2, 0) is 5.41 Å². The summed E-state index contributed by atoms with van der Waals surface area (Å²) >= 11 is 0. The minimum atomic E-state index is -0.0632. The molecule has 0 amide bonds. The van der Waals surface area contributed by atoms with E-state index in [9.17, 15) is 0 Å². The van der Waals surface area contributed by atoms with Crippen molar-refractivity contribution in [1.82, 2.24) is 0 Å². The van der Waals surface area contributed by atoms with Gasteiger partial charge in [-0.1, -0.05) is 44.7 Å². The van der Waals surface area contributed by atoms with E-state index in [0.717, 1.165) is 12.0 Å². The Morgan fingerprint density at radius 3 is 2.25 bits per heavy atom. The Morgan fingerprint density at radius 1 is 1.25 bits per heavy atom. The fourth-order valence-electron chi connectivity index (χ4n) is 1.41. The molecular formula is C15H21N. The molecule has 0 spiro atoms. The number of hydrogen-bond donors (Lipinski definition) is 1. The van der Waals surface area contributed by atoms with Gasteiger partial charge in [0, 0.05) is 5.56 Å². The zero-order chi connectivity index (χ0) is 12.2. The first-order valence-corrected chi connectivity index (χ1v) is 5.83. The van der Waals surface area contributed by atoms with Crippen molar-refractivity contribution in [1.29, 1.82) is 0 Å². The van der Waals surface area contributed by atoms with Crippen LogP contribution in [0.5, 0.6) is 0 Å². The normalized spacial score (nSPS) is 12.8. The zero-order valence-electron chi connectivity index (χ0n) is 10.7. The van der Waals surface area contributed by atoms with Gasteiger partial charge in [0.15, 0.2) is 0 Å². The molecule has 0 aromatic heterocycles. The third-order valence-corrected chi connectivity index (χ3v) is 2.99. The second-order valence-corrected chi connectivity index (χ2v) is 4.87. The van der Waals surface area contributed by atoms with Gasteiger partial charge in [-0.05, 0) is 36.5 Å². The highest BCUT2D eigenvalue weighted by atomic mass is 14.6. The van der Waals surface area contributed by atoms with Gasteiger partial charge in [-0.25, -0.2) is 0 Å². The van der Waals surface area contributed by atoms with Crippen molar-refractivity contribution in [3.8, 4) is 11.8 Å². The van der Waals surface area contributed by atoms with Crippen LogP contribution >= 0.6 is 0 Å². The van der Waals surface area contributed by atoms with Gasteiger partial charge in [-0.15, -0.1) is 0 Å². The van der Waals surface area contributed by atoms with E-state index in [-0.39, 0.29) is 11.5 Å². The average Bonchev–Trinajstić information content (AvgIpc) is 2.27. The lowest BCUT2D eigenvalue weighted by molar-refractivity contribution is 0.506. The van der Waals surface area contributed by atoms with E-state index in [1.807, 2.05) is 6.92 Å². The molecule has 0 aliphatic carbocycles. The summed E-state index contributed by atoms with van der Waals surface area (Å²) in [4.78, 5) is 0. The van der Waals surface area contributed by atoms with E-state index in [1.54, 1.807) is 0 Å². The van der Waals surface area contributed by atoms with Gasteiger partial charge in [-0.3, -0.25) is 0 Å². The van der Waals surface area contributed by atoms with Gasteiger partial charge in [0.1, 0.15) is 0 Å². The van der Waals surface area contributed by atoms with Gasteiger partial charge in [-0.2, -0.15) is 0 Å². The molecule has 0 radical (unpaired) electrons. The van der Waals surface area contributed by atoms with Crippen molar-refractivity contribution in [2.45, 2.75) is 45.6 Å². The quantitative estimate of drug-likeness (QED) is 0.754. The smallest absolute Gasteiger partial charge is 0.0639 e. The Kier molecular flexibility index (Phi) is 4.15. The van der Waals surface area contributed by atoms with E-state index in [4.69, 9.17) is 5.73 Å². The molecular weight excluding hydrogens is 194 g/mol. The maximum Gasteiger partial charge on any atom is 0.0639 e. The summed E-state index contributed by atoms with van der Waals surface area (Å²) in [6, 6.07) is 8.40. The summed E-state index contributed by atoms with van der Waals surface area (Å²) in [7, 11) is 0. The molecule has 1 aromatic carbocycles. The molecule has 1 nitrogen and oxygen atoms in total. The minimum Gasteiger partial charge on any atom is -0.318 e. The van der Waals surface area contributed by atoms with Gasteiger partial charge in [0.25, 0.3) is 0 Å². The van der Waals surface area contributed by atoms with Gasteiger partial charge >= 0.3 is 0 Å². The molecule has 2 N–H and O–H groups in total. The lowest BCUT2D eigenvalue weighted by atomic mass is 9.82. The molecule has 1 aromatic rings. The van der Waals surface area contributed by atoms with E-state index in [0.29, 0.717) is 0 Å². The van der Waals surface area contributed by atoms with Crippen LogP contribution in [0.4, 0.5) is 0 Å². The molecule has 1 heteroatoms. The third kappa shape index (κ3) is 3.40. The van der Waals surface area contributed by atoms with Crippen LogP contribution in [-0.4, -0.2) is 6.04 Å². The topological polar surface area (TPSA) is 26.0 Å². The summed E-state index contributed by atoms with van der Waals surface area (Å²) < 4.78 is 0. The predicted molar refractivity (Wildman–Crippen MR) is 70.3 cm³/mol. The molecule has 0 fully saturated rings. The maximum atomic E-state index is 5.59. The summed E-state index contributed by atoms with van der Waals surface area (Å²) in [5.74, 6) is 6.03. The highest BCUT2D eigenvalue weighted by Gasteiger charge is 2.17. The maximum absolute atomic E-state index is 5.59. The SMILES string of the molecule is CCC(C)(C)c1ccc(C#CC(C)N)cc1. The Bertz CT molecular complexity index is 388. The molecule has 1 rings (SSSR count). The Hall–Kier alpha value is -1.26. The summed E-state index contributed by atoms with van der Waals surface area (Å²) in [6.07, 6.45) is 1.14. The molecule has 0 heterocycles. The molecule has 0 aliphatic heterocycles. The number of rotatable bonds is 2. The Balaban J connectivity index is 2.89. The van der Waals surface area contributed by atoms with Crippen LogP contribution in [0.15, 0.2) is 24.3 Å². The second kappa shape index (κ2) is 5.18. The van der Waals surface area contributed by atoms with Crippen LogP contribution in [0, 0.1) is 11.8 Å². The summed E-state index contributed by atoms with van der Waals surface area (Å²) in [5, 5.41) is 0. The van der Waals surface area contributed by atoms with Crippen molar-refractivity contribution < 1.29 is 0 Å². The number of benzene rings is 1. The van der Waals surface area contributed by atoms with Gasteiger partial charge < -0.3 is 5.73 Å². The molecule has 86 valence electrons. The first-order chi connectivity index (χ1) is 7.45. The molecule has 1 atom stereocenters. The van der Waals surface area contributed by atoms with E-state index < -0.39 is 0 Å². The average molecular weight is 215 g/mol. The van der Waals surface area contributed by atoms with Crippen molar-refractivity contribution in [2.24, 2.45) is 5.73 Å². The molecule has 0 saturated heterocycles. The second-order valence-electron chi connectivity index (χ2n) is 4.87. The highest BCUT2D eigenvalue weighted by Crippen LogP contribution is 2.26. The molecule has 0 aliphatic rings. The molecule has 1 unspecified atom stereocenters. The Labute approximate surface area is 99.1 Å². The summed E-state index contributed by atoms with van der Waals surface area (Å²) in [5.41, 5.74) is 8.23. The first kappa shape index (κ1) is 12.8. The molecule has 16 heavy (non-hydrogen) atoms. The van der Waals surface area contributed by atoms with Crippen LogP contribution < -0.4 is 5.73 Å². The number of nitrogens with two attached hydrogens (primary N) is 1. The first-order valence-electron chi connectivity index (χ1n) is 5.83. The predicted octanol–water partition coefficient (Wildman–Crippen LogP) is 3.07.